The van der Waals surface area contributed by atoms with Crippen LogP contribution in [0.3, 0.4) is 0 Å². The molecule has 0 radical (unpaired) electrons. The molecule has 8 heteroatoms. The zero-order valence-corrected chi connectivity index (χ0v) is 17.8. The number of aromatic nitrogens is 4. The highest BCUT2D eigenvalue weighted by atomic mass is 16.5. The first kappa shape index (κ1) is 21.8. The summed E-state index contributed by atoms with van der Waals surface area (Å²) in [5.74, 6) is 1.89. The average molecular weight is 419 g/mol. The minimum absolute atomic E-state index is 0.138. The topological polar surface area (TPSA) is 91.2 Å². The number of hydrogen-bond acceptors (Lipinski definition) is 6. The highest BCUT2D eigenvalue weighted by Crippen LogP contribution is 2.16. The van der Waals surface area contributed by atoms with Crippen LogP contribution >= 0.6 is 0 Å². The Morgan fingerprint density at radius 1 is 1.19 bits per heavy atom. The molecule has 0 aliphatic rings. The van der Waals surface area contributed by atoms with Crippen molar-refractivity contribution in [2.45, 2.75) is 26.9 Å². The molecule has 0 bridgehead atoms. The van der Waals surface area contributed by atoms with Crippen LogP contribution < -0.4 is 10.1 Å². The van der Waals surface area contributed by atoms with Crippen molar-refractivity contribution >= 4 is 11.7 Å². The number of anilines is 1. The lowest BCUT2D eigenvalue weighted by atomic mass is 10.1. The monoisotopic (exact) mass is 419 g/mol. The van der Waals surface area contributed by atoms with Gasteiger partial charge in [0.25, 0.3) is 0 Å². The molecule has 1 N–H and O–H groups in total. The molecule has 3 aromatic rings. The van der Waals surface area contributed by atoms with Gasteiger partial charge in [-0.3, -0.25) is 4.79 Å². The number of ether oxygens (including phenoxy) is 2. The molecule has 3 rings (SSSR count). The molecule has 2 heterocycles. The van der Waals surface area contributed by atoms with Gasteiger partial charge in [-0.25, -0.2) is 14.6 Å². The van der Waals surface area contributed by atoms with Crippen LogP contribution in [0.25, 0.3) is 5.82 Å². The van der Waals surface area contributed by atoms with E-state index in [1.165, 1.54) is 6.26 Å². The first-order valence-electron chi connectivity index (χ1n) is 9.72. The van der Waals surface area contributed by atoms with Crippen LogP contribution in [0.5, 0.6) is 5.75 Å². The van der Waals surface area contributed by atoms with Gasteiger partial charge in [0.05, 0.1) is 25.5 Å². The van der Waals surface area contributed by atoms with Gasteiger partial charge in [0.1, 0.15) is 18.2 Å². The minimum Gasteiger partial charge on any atom is -0.497 e. The quantitative estimate of drug-likeness (QED) is 0.420. The number of nitrogens with one attached hydrogen (secondary N) is 1. The van der Waals surface area contributed by atoms with Crippen LogP contribution in [0.1, 0.15) is 22.8 Å². The molecule has 31 heavy (non-hydrogen) atoms. The Morgan fingerprint density at radius 3 is 2.61 bits per heavy atom. The molecule has 0 aliphatic carbocycles. The lowest BCUT2D eigenvalue weighted by Crippen LogP contribution is -2.17. The Kier molecular flexibility index (Phi) is 7.16. The van der Waals surface area contributed by atoms with Crippen molar-refractivity contribution < 1.29 is 14.3 Å². The van der Waals surface area contributed by atoms with Crippen LogP contribution in [-0.4, -0.2) is 32.8 Å². The highest BCUT2D eigenvalue weighted by molar-refractivity contribution is 5.91. The van der Waals surface area contributed by atoms with Crippen LogP contribution in [-0.2, 0) is 22.6 Å². The normalized spacial score (nSPS) is 10.8. The summed E-state index contributed by atoms with van der Waals surface area (Å²) in [6.45, 7) is 7.58. The number of rotatable bonds is 9. The maximum Gasteiger partial charge on any atom is 0.229 e. The number of amides is 1. The molecule has 0 atom stereocenters. The first-order chi connectivity index (χ1) is 15.0. The zero-order valence-electron chi connectivity index (χ0n) is 17.8. The van der Waals surface area contributed by atoms with Gasteiger partial charge in [-0.15, -0.1) is 0 Å². The molecular formula is C23H25N5O3. The second kappa shape index (κ2) is 10.2. The number of aryl methyl sites for hydroxylation is 2. The van der Waals surface area contributed by atoms with Gasteiger partial charge < -0.3 is 14.8 Å². The number of allylic oxidation sites excluding steroid dienone is 2. The van der Waals surface area contributed by atoms with Crippen molar-refractivity contribution in [2.24, 2.45) is 0 Å². The van der Waals surface area contributed by atoms with Gasteiger partial charge in [0.15, 0.2) is 11.6 Å². The summed E-state index contributed by atoms with van der Waals surface area (Å²) in [4.78, 5) is 21.5. The molecule has 1 amide bonds. The predicted molar refractivity (Wildman–Crippen MR) is 118 cm³/mol. The Morgan fingerprint density at radius 2 is 1.97 bits per heavy atom. The SMILES string of the molecule is C=C/C=C\OCc1nc(NC(=O)Cc2ccc(OC)cc2)cc(-n2nc(C)cc2C)n1. The highest BCUT2D eigenvalue weighted by Gasteiger charge is 2.13. The summed E-state index contributed by atoms with van der Waals surface area (Å²) in [6, 6.07) is 11.0. The second-order valence-corrected chi connectivity index (χ2v) is 6.81. The van der Waals surface area contributed by atoms with E-state index in [2.05, 4.69) is 27.0 Å². The smallest absolute Gasteiger partial charge is 0.229 e. The van der Waals surface area contributed by atoms with E-state index in [0.717, 1.165) is 22.7 Å². The van der Waals surface area contributed by atoms with E-state index in [1.54, 1.807) is 30.0 Å². The summed E-state index contributed by atoms with van der Waals surface area (Å²) in [5, 5.41) is 7.31. The molecule has 0 spiro atoms. The fraction of sp³-hybridized carbons (Fsp3) is 0.217. The number of hydrogen-bond donors (Lipinski definition) is 1. The summed E-state index contributed by atoms with van der Waals surface area (Å²) < 4.78 is 12.3. The Labute approximate surface area is 181 Å². The molecule has 0 unspecified atom stereocenters. The van der Waals surface area contributed by atoms with Crippen molar-refractivity contribution in [3.05, 3.63) is 84.2 Å². The molecule has 2 aromatic heterocycles. The zero-order chi connectivity index (χ0) is 22.2. The van der Waals surface area contributed by atoms with Crippen LogP contribution in [0.4, 0.5) is 5.82 Å². The molecule has 8 nitrogen and oxygen atoms in total. The fourth-order valence-corrected chi connectivity index (χ4v) is 2.93. The number of benzene rings is 1. The van der Waals surface area contributed by atoms with E-state index in [9.17, 15) is 4.79 Å². The van der Waals surface area contributed by atoms with Crippen molar-refractivity contribution in [3.63, 3.8) is 0 Å². The summed E-state index contributed by atoms with van der Waals surface area (Å²) in [6.07, 6.45) is 4.99. The predicted octanol–water partition coefficient (Wildman–Crippen LogP) is 3.69. The van der Waals surface area contributed by atoms with Gasteiger partial charge in [-0.2, -0.15) is 5.10 Å². The standard InChI is InChI=1S/C23H25N5O3/c1-5-6-11-31-15-21-24-20(14-22(25-21)28-17(3)12-16(2)27-28)26-23(29)13-18-7-9-19(30-4)10-8-18/h5-12,14H,1,13,15H2,2-4H3,(H,24,25,26,29)/b11-6-. The van der Waals surface area contributed by atoms with E-state index in [4.69, 9.17) is 9.47 Å². The van der Waals surface area contributed by atoms with Crippen molar-refractivity contribution in [1.82, 2.24) is 19.7 Å². The van der Waals surface area contributed by atoms with Crippen molar-refractivity contribution in [3.8, 4) is 11.6 Å². The van der Waals surface area contributed by atoms with Crippen molar-refractivity contribution in [2.75, 3.05) is 12.4 Å². The van der Waals surface area contributed by atoms with Crippen LogP contribution in [0.15, 0.2) is 61.4 Å². The van der Waals surface area contributed by atoms with Gasteiger partial charge in [-0.05, 0) is 43.7 Å². The molecule has 0 aliphatic heterocycles. The summed E-state index contributed by atoms with van der Waals surface area (Å²) >= 11 is 0. The van der Waals surface area contributed by atoms with E-state index in [-0.39, 0.29) is 18.9 Å². The average Bonchev–Trinajstić information content (AvgIpc) is 3.09. The summed E-state index contributed by atoms with van der Waals surface area (Å²) in [7, 11) is 1.60. The fourth-order valence-electron chi connectivity index (χ4n) is 2.93. The molecule has 0 fully saturated rings. The minimum atomic E-state index is -0.193. The number of carbonyl (C=O) groups excluding carboxylic acids is 1. The van der Waals surface area contributed by atoms with Gasteiger partial charge in [-0.1, -0.05) is 24.8 Å². The van der Waals surface area contributed by atoms with Crippen LogP contribution in [0.2, 0.25) is 0 Å². The van der Waals surface area contributed by atoms with Gasteiger partial charge in [0, 0.05) is 11.8 Å². The Bertz CT molecular complexity index is 1090. The van der Waals surface area contributed by atoms with Gasteiger partial charge in [0.2, 0.25) is 5.91 Å². The van der Waals surface area contributed by atoms with Crippen LogP contribution in [0, 0.1) is 13.8 Å². The Balaban J connectivity index is 1.82. The maximum atomic E-state index is 12.6. The van der Waals surface area contributed by atoms with E-state index in [0.29, 0.717) is 17.5 Å². The Hall–Kier alpha value is -3.94. The molecule has 160 valence electrons. The molecule has 0 saturated heterocycles. The number of methoxy groups -OCH3 is 1. The third-order valence-corrected chi connectivity index (χ3v) is 4.30. The lowest BCUT2D eigenvalue weighted by Gasteiger charge is -2.11. The molecular weight excluding hydrogens is 394 g/mol. The maximum absolute atomic E-state index is 12.6. The first-order valence-corrected chi connectivity index (χ1v) is 9.72. The lowest BCUT2D eigenvalue weighted by molar-refractivity contribution is -0.115. The summed E-state index contributed by atoms with van der Waals surface area (Å²) in [5.41, 5.74) is 2.65. The van der Waals surface area contributed by atoms with E-state index >= 15 is 0 Å². The number of nitrogens with zero attached hydrogens (tertiary/aromatic N) is 4. The van der Waals surface area contributed by atoms with Gasteiger partial charge >= 0.3 is 0 Å². The number of carbonyl (C=O) groups is 1. The van der Waals surface area contributed by atoms with E-state index < -0.39 is 0 Å². The molecule has 0 saturated carbocycles. The largest absolute Gasteiger partial charge is 0.497 e. The molecule has 1 aromatic carbocycles. The third kappa shape index (κ3) is 6.02. The van der Waals surface area contributed by atoms with Crippen molar-refractivity contribution in [1.29, 1.82) is 0 Å². The van der Waals surface area contributed by atoms with E-state index in [1.807, 2.05) is 44.2 Å². The second-order valence-electron chi connectivity index (χ2n) is 6.81. The third-order valence-electron chi connectivity index (χ3n) is 4.30.